The highest BCUT2D eigenvalue weighted by Gasteiger charge is 2.27. The minimum atomic E-state index is -4.32. The van der Waals surface area contributed by atoms with Crippen molar-refractivity contribution in [2.75, 3.05) is 13.7 Å². The first-order chi connectivity index (χ1) is 7.90. The first kappa shape index (κ1) is 13.9. The van der Waals surface area contributed by atoms with Crippen molar-refractivity contribution in [1.29, 1.82) is 0 Å². The van der Waals surface area contributed by atoms with E-state index in [1.165, 1.54) is 0 Å². The Hall–Kier alpha value is -1.21. The van der Waals surface area contributed by atoms with Crippen LogP contribution in [-0.4, -0.2) is 29.8 Å². The van der Waals surface area contributed by atoms with Crippen molar-refractivity contribution in [3.63, 3.8) is 0 Å². The third kappa shape index (κ3) is 5.60. The van der Waals surface area contributed by atoms with Gasteiger partial charge in [-0.15, -0.1) is 0 Å². The second-order valence-electron chi connectivity index (χ2n) is 3.56. The zero-order valence-corrected chi connectivity index (χ0v) is 9.64. The van der Waals surface area contributed by atoms with Gasteiger partial charge in [-0.1, -0.05) is 0 Å². The highest BCUT2D eigenvalue weighted by atomic mass is 19.4. The van der Waals surface area contributed by atoms with Crippen molar-refractivity contribution >= 4 is 0 Å². The van der Waals surface area contributed by atoms with Crippen molar-refractivity contribution in [1.82, 2.24) is 15.3 Å². The van der Waals surface area contributed by atoms with Crippen LogP contribution in [0.15, 0.2) is 6.07 Å². The van der Waals surface area contributed by atoms with Crippen LogP contribution in [0.2, 0.25) is 0 Å². The Morgan fingerprint density at radius 3 is 2.65 bits per heavy atom. The van der Waals surface area contributed by atoms with Crippen molar-refractivity contribution in [3.8, 4) is 0 Å². The lowest BCUT2D eigenvalue weighted by Crippen LogP contribution is -2.18. The van der Waals surface area contributed by atoms with Crippen LogP contribution in [0.1, 0.15) is 17.2 Å². The molecule has 7 heteroatoms. The van der Waals surface area contributed by atoms with Crippen LogP contribution in [0.4, 0.5) is 13.2 Å². The summed E-state index contributed by atoms with van der Waals surface area (Å²) in [7, 11) is 1.76. The van der Waals surface area contributed by atoms with Crippen molar-refractivity contribution in [2.24, 2.45) is 0 Å². The van der Waals surface area contributed by atoms with Gasteiger partial charge in [-0.05, 0) is 20.0 Å². The molecule has 1 heterocycles. The summed E-state index contributed by atoms with van der Waals surface area (Å²) in [5, 5.41) is 2.91. The van der Waals surface area contributed by atoms with Crippen LogP contribution in [-0.2, 0) is 17.9 Å². The van der Waals surface area contributed by atoms with E-state index in [0.29, 0.717) is 12.2 Å². The molecule has 4 nitrogen and oxygen atoms in total. The van der Waals surface area contributed by atoms with Gasteiger partial charge in [0.05, 0.1) is 5.69 Å². The van der Waals surface area contributed by atoms with Crippen LogP contribution in [0.5, 0.6) is 0 Å². The van der Waals surface area contributed by atoms with Crippen molar-refractivity contribution < 1.29 is 17.9 Å². The van der Waals surface area contributed by atoms with E-state index < -0.39 is 12.8 Å². The molecule has 1 aromatic rings. The normalized spacial score (nSPS) is 11.8. The number of ether oxygens (including phenoxy) is 1. The van der Waals surface area contributed by atoms with Gasteiger partial charge in [0.25, 0.3) is 0 Å². The molecule has 0 aliphatic rings. The van der Waals surface area contributed by atoms with E-state index in [0.717, 1.165) is 5.69 Å². The maximum Gasteiger partial charge on any atom is 0.411 e. The summed E-state index contributed by atoms with van der Waals surface area (Å²) in [5.74, 6) is 0.263. The second-order valence-corrected chi connectivity index (χ2v) is 3.56. The van der Waals surface area contributed by atoms with Gasteiger partial charge in [0, 0.05) is 12.2 Å². The fourth-order valence-electron chi connectivity index (χ4n) is 1.29. The Labute approximate surface area is 97.2 Å². The van der Waals surface area contributed by atoms with E-state index in [2.05, 4.69) is 20.0 Å². The maximum absolute atomic E-state index is 11.9. The summed E-state index contributed by atoms with van der Waals surface area (Å²) in [6.45, 7) is 0.771. The summed E-state index contributed by atoms with van der Waals surface area (Å²) < 4.78 is 40.1. The summed E-state index contributed by atoms with van der Waals surface area (Å²) in [4.78, 5) is 8.08. The van der Waals surface area contributed by atoms with Gasteiger partial charge in [-0.25, -0.2) is 9.97 Å². The van der Waals surface area contributed by atoms with Crippen molar-refractivity contribution in [3.05, 3.63) is 23.3 Å². The number of aryl methyl sites for hydroxylation is 1. The molecule has 96 valence electrons. The number of rotatable bonds is 5. The van der Waals surface area contributed by atoms with Gasteiger partial charge < -0.3 is 10.1 Å². The largest absolute Gasteiger partial charge is 0.411 e. The molecule has 0 radical (unpaired) electrons. The fourth-order valence-corrected chi connectivity index (χ4v) is 1.29. The molecular formula is C10H14F3N3O. The molecule has 0 aliphatic heterocycles. The number of alkyl halides is 3. The molecule has 0 aromatic carbocycles. The molecule has 0 saturated heterocycles. The Bertz CT molecular complexity index is 368. The number of halogens is 3. The highest BCUT2D eigenvalue weighted by molar-refractivity contribution is 5.09. The predicted octanol–water partition coefficient (Wildman–Crippen LogP) is 1.58. The minimum Gasteiger partial charge on any atom is -0.364 e. The molecule has 0 aliphatic carbocycles. The summed E-state index contributed by atoms with van der Waals surface area (Å²) >= 11 is 0. The molecule has 1 rings (SSSR count). The van der Waals surface area contributed by atoms with Gasteiger partial charge >= 0.3 is 6.18 Å². The highest BCUT2D eigenvalue weighted by Crippen LogP contribution is 2.15. The summed E-state index contributed by atoms with van der Waals surface area (Å²) in [6.07, 6.45) is -4.32. The number of nitrogens with zero attached hydrogens (tertiary/aromatic N) is 2. The minimum absolute atomic E-state index is 0.238. The molecule has 0 amide bonds. The zero-order chi connectivity index (χ0) is 12.9. The fraction of sp³-hybridized carbons (Fsp3) is 0.600. The third-order valence-corrected chi connectivity index (χ3v) is 1.81. The summed E-state index contributed by atoms with van der Waals surface area (Å²) in [6, 6.07) is 1.77. The first-order valence-corrected chi connectivity index (χ1v) is 5.03. The van der Waals surface area contributed by atoms with E-state index in [-0.39, 0.29) is 12.4 Å². The molecule has 0 spiro atoms. The monoisotopic (exact) mass is 249 g/mol. The lowest BCUT2D eigenvalue weighted by atomic mass is 10.3. The van der Waals surface area contributed by atoms with E-state index in [1.54, 1.807) is 20.0 Å². The van der Waals surface area contributed by atoms with E-state index in [9.17, 15) is 13.2 Å². The Kier molecular flexibility index (Phi) is 4.83. The lowest BCUT2D eigenvalue weighted by molar-refractivity contribution is -0.177. The maximum atomic E-state index is 11.9. The van der Waals surface area contributed by atoms with Crippen LogP contribution < -0.4 is 5.32 Å². The summed E-state index contributed by atoms with van der Waals surface area (Å²) in [5.41, 5.74) is 1.43. The Morgan fingerprint density at radius 1 is 1.35 bits per heavy atom. The van der Waals surface area contributed by atoms with E-state index in [1.807, 2.05) is 0 Å². The van der Waals surface area contributed by atoms with Crippen molar-refractivity contribution in [2.45, 2.75) is 26.3 Å². The van der Waals surface area contributed by atoms with Crippen LogP contribution in [0.25, 0.3) is 0 Å². The third-order valence-electron chi connectivity index (χ3n) is 1.81. The number of hydrogen-bond acceptors (Lipinski definition) is 4. The molecule has 1 aromatic heterocycles. The van der Waals surface area contributed by atoms with Crippen LogP contribution in [0, 0.1) is 6.92 Å². The standard InChI is InChI=1S/C10H14F3N3O/c1-7-3-8(4-14-2)16-9(15-7)5-17-6-10(11,12)13/h3,14H,4-6H2,1-2H3. The van der Waals surface area contributed by atoms with E-state index in [4.69, 9.17) is 0 Å². The molecular weight excluding hydrogens is 235 g/mol. The Morgan fingerprint density at radius 2 is 2.06 bits per heavy atom. The van der Waals surface area contributed by atoms with Gasteiger partial charge in [0.2, 0.25) is 0 Å². The lowest BCUT2D eigenvalue weighted by Gasteiger charge is -2.08. The number of nitrogens with one attached hydrogen (secondary N) is 1. The average Bonchev–Trinajstić information content (AvgIpc) is 2.15. The second kappa shape index (κ2) is 5.92. The molecule has 17 heavy (non-hydrogen) atoms. The predicted molar refractivity (Wildman–Crippen MR) is 55.2 cm³/mol. The molecule has 0 bridgehead atoms. The molecule has 0 atom stereocenters. The molecule has 0 saturated carbocycles. The quantitative estimate of drug-likeness (QED) is 0.860. The first-order valence-electron chi connectivity index (χ1n) is 5.03. The van der Waals surface area contributed by atoms with Gasteiger partial charge in [-0.3, -0.25) is 0 Å². The van der Waals surface area contributed by atoms with Gasteiger partial charge in [0.15, 0.2) is 5.82 Å². The average molecular weight is 249 g/mol. The Balaban J connectivity index is 2.58. The SMILES string of the molecule is CNCc1cc(C)nc(COCC(F)(F)F)n1. The topological polar surface area (TPSA) is 47.0 Å². The number of hydrogen-bond donors (Lipinski definition) is 1. The van der Waals surface area contributed by atoms with E-state index >= 15 is 0 Å². The molecule has 0 fully saturated rings. The van der Waals surface area contributed by atoms with Gasteiger partial charge in [0.1, 0.15) is 13.2 Å². The van der Waals surface area contributed by atoms with Crippen LogP contribution >= 0.6 is 0 Å². The zero-order valence-electron chi connectivity index (χ0n) is 9.64. The molecule has 1 N–H and O–H groups in total. The molecule has 0 unspecified atom stereocenters. The number of aromatic nitrogens is 2. The smallest absolute Gasteiger partial charge is 0.364 e. The van der Waals surface area contributed by atoms with Crippen LogP contribution in [0.3, 0.4) is 0 Å². The van der Waals surface area contributed by atoms with Gasteiger partial charge in [-0.2, -0.15) is 13.2 Å².